The highest BCUT2D eigenvalue weighted by Gasteiger charge is 2.23. The Hall–Kier alpha value is -5.25. The molecule has 0 unspecified atom stereocenters. The molecule has 10 heteroatoms. The van der Waals surface area contributed by atoms with Gasteiger partial charge in [0.05, 0.1) is 11.1 Å². The van der Waals surface area contributed by atoms with Crippen LogP contribution < -0.4 is 16.0 Å². The van der Waals surface area contributed by atoms with Gasteiger partial charge in [-0.05, 0) is 48.6 Å². The maximum absolute atomic E-state index is 13.4. The fourth-order valence-electron chi connectivity index (χ4n) is 4.30. The van der Waals surface area contributed by atoms with E-state index in [1.165, 1.54) is 6.20 Å². The predicted octanol–water partition coefficient (Wildman–Crippen LogP) is 4.70. The number of para-hydroxylation sites is 2. The van der Waals surface area contributed by atoms with Crippen LogP contribution in [0.2, 0.25) is 0 Å². The molecule has 0 aliphatic heterocycles. The monoisotopic (exact) mass is 568 g/mol. The second-order valence-corrected chi connectivity index (χ2v) is 9.61. The first-order valence-corrected chi connectivity index (χ1v) is 13.6. The first-order valence-electron chi connectivity index (χ1n) is 13.6. The Morgan fingerprint density at radius 2 is 1.64 bits per heavy atom. The van der Waals surface area contributed by atoms with Crippen LogP contribution in [-0.2, 0) is 27.4 Å². The van der Waals surface area contributed by atoms with Crippen LogP contribution in [0.4, 0.5) is 10.5 Å². The Balaban J connectivity index is 1.40. The number of carbonyl (C=O) groups is 4. The lowest BCUT2D eigenvalue weighted by atomic mass is 10.1. The topological polar surface area (TPSA) is 147 Å². The molecular formula is C32H32N4O6. The minimum Gasteiger partial charge on any atom is -0.481 e. The van der Waals surface area contributed by atoms with E-state index in [0.717, 1.165) is 16.5 Å². The molecule has 1 aromatic heterocycles. The number of rotatable bonds is 13. The number of carboxylic acids is 1. The molecule has 10 nitrogen and oxygen atoms in total. The minimum atomic E-state index is -0.946. The van der Waals surface area contributed by atoms with Gasteiger partial charge in [-0.2, -0.15) is 0 Å². The number of nitrogens with zero attached hydrogens (tertiary/aromatic N) is 1. The van der Waals surface area contributed by atoms with E-state index in [1.54, 1.807) is 30.3 Å². The molecule has 216 valence electrons. The minimum absolute atomic E-state index is 0.0892. The van der Waals surface area contributed by atoms with Gasteiger partial charge >= 0.3 is 12.1 Å². The van der Waals surface area contributed by atoms with Gasteiger partial charge in [-0.3, -0.25) is 19.4 Å². The Kier molecular flexibility index (Phi) is 10.6. The van der Waals surface area contributed by atoms with Crippen LogP contribution in [0.1, 0.15) is 40.7 Å². The van der Waals surface area contributed by atoms with Crippen molar-refractivity contribution < 1.29 is 29.0 Å². The Bertz CT molecular complexity index is 1540. The van der Waals surface area contributed by atoms with Gasteiger partial charge in [0, 0.05) is 30.2 Å². The number of anilines is 1. The van der Waals surface area contributed by atoms with Gasteiger partial charge in [0.25, 0.3) is 5.91 Å². The first-order chi connectivity index (χ1) is 20.4. The number of nitrogens with one attached hydrogen (secondary N) is 3. The van der Waals surface area contributed by atoms with Gasteiger partial charge < -0.3 is 25.8 Å². The van der Waals surface area contributed by atoms with Crippen molar-refractivity contribution in [2.75, 3.05) is 11.9 Å². The van der Waals surface area contributed by atoms with Crippen LogP contribution in [0.3, 0.4) is 0 Å². The van der Waals surface area contributed by atoms with Crippen molar-refractivity contribution in [1.29, 1.82) is 0 Å². The van der Waals surface area contributed by atoms with Crippen LogP contribution in [0.25, 0.3) is 10.9 Å². The van der Waals surface area contributed by atoms with Crippen LogP contribution in [0, 0.1) is 0 Å². The summed E-state index contributed by atoms with van der Waals surface area (Å²) in [5.74, 6) is -1.88. The van der Waals surface area contributed by atoms with Crippen LogP contribution in [-0.4, -0.2) is 46.6 Å². The fraction of sp³-hybridized carbons (Fsp3) is 0.219. The zero-order chi connectivity index (χ0) is 29.7. The van der Waals surface area contributed by atoms with Crippen LogP contribution in [0.15, 0.2) is 91.1 Å². The smallest absolute Gasteiger partial charge is 0.407 e. The van der Waals surface area contributed by atoms with Gasteiger partial charge in [0.1, 0.15) is 12.6 Å². The van der Waals surface area contributed by atoms with E-state index in [-0.39, 0.29) is 32.4 Å². The summed E-state index contributed by atoms with van der Waals surface area (Å²) in [4.78, 5) is 54.1. The molecule has 0 saturated carbocycles. The highest BCUT2D eigenvalue weighted by molar-refractivity contribution is 6.02. The third kappa shape index (κ3) is 8.88. The maximum atomic E-state index is 13.4. The van der Waals surface area contributed by atoms with E-state index < -0.39 is 29.9 Å². The van der Waals surface area contributed by atoms with Crippen molar-refractivity contribution in [3.63, 3.8) is 0 Å². The predicted molar refractivity (Wildman–Crippen MR) is 158 cm³/mol. The molecule has 42 heavy (non-hydrogen) atoms. The fourth-order valence-corrected chi connectivity index (χ4v) is 4.30. The van der Waals surface area contributed by atoms with Gasteiger partial charge in [-0.25, -0.2) is 4.79 Å². The van der Waals surface area contributed by atoms with Crippen LogP contribution in [0.5, 0.6) is 0 Å². The summed E-state index contributed by atoms with van der Waals surface area (Å²) >= 11 is 0. The van der Waals surface area contributed by atoms with Crippen molar-refractivity contribution in [2.45, 2.75) is 38.3 Å². The summed E-state index contributed by atoms with van der Waals surface area (Å²) in [7, 11) is 0. The molecule has 0 bridgehead atoms. The third-order valence-corrected chi connectivity index (χ3v) is 6.51. The molecule has 4 rings (SSSR count). The van der Waals surface area contributed by atoms with Crippen molar-refractivity contribution in [3.05, 3.63) is 108 Å². The number of ether oxygens (including phenoxy) is 1. The standard InChI is InChI=1S/C32H32N4O6/c37-29(38)17-16-23-11-4-7-14-27(23)35-31(40)28(15-8-18-33-32(41)42-21-22-9-2-1-3-10-22)36-30(39)25-19-24-12-5-6-13-26(24)34-20-25/h1-7,9-14,19-20,28H,8,15-18,21H2,(H,33,41)(H,35,40)(H,36,39)(H,37,38)/t28-/m0/s1. The third-order valence-electron chi connectivity index (χ3n) is 6.51. The molecule has 4 aromatic rings. The SMILES string of the molecule is O=C(O)CCc1ccccc1NC(=O)[C@H](CCCNC(=O)OCc1ccccc1)NC(=O)c1cnc2ccccc2c1. The van der Waals surface area contributed by atoms with E-state index in [4.69, 9.17) is 9.84 Å². The maximum Gasteiger partial charge on any atom is 0.407 e. The summed E-state index contributed by atoms with van der Waals surface area (Å²) in [6.45, 7) is 0.356. The van der Waals surface area contributed by atoms with Crippen molar-refractivity contribution in [2.24, 2.45) is 0 Å². The number of pyridine rings is 1. The normalized spacial score (nSPS) is 11.3. The second-order valence-electron chi connectivity index (χ2n) is 9.61. The number of benzene rings is 3. The van der Waals surface area contributed by atoms with Gasteiger partial charge in [0.2, 0.25) is 5.91 Å². The van der Waals surface area contributed by atoms with Crippen molar-refractivity contribution in [1.82, 2.24) is 15.6 Å². The van der Waals surface area contributed by atoms with E-state index in [1.807, 2.05) is 54.6 Å². The molecule has 0 fully saturated rings. The second kappa shape index (κ2) is 14.9. The molecule has 0 saturated heterocycles. The lowest BCUT2D eigenvalue weighted by Gasteiger charge is -2.20. The molecule has 3 amide bonds. The molecule has 4 N–H and O–H groups in total. The van der Waals surface area contributed by atoms with Crippen molar-refractivity contribution in [3.8, 4) is 0 Å². The number of carboxylic acid groups (broad SMARTS) is 1. The highest BCUT2D eigenvalue weighted by atomic mass is 16.5. The van der Waals surface area contributed by atoms with E-state index in [0.29, 0.717) is 23.2 Å². The molecule has 1 heterocycles. The van der Waals surface area contributed by atoms with Gasteiger partial charge in [-0.15, -0.1) is 0 Å². The zero-order valence-corrected chi connectivity index (χ0v) is 22.9. The van der Waals surface area contributed by atoms with Gasteiger partial charge in [0.15, 0.2) is 0 Å². The average molecular weight is 569 g/mol. The van der Waals surface area contributed by atoms with E-state index in [9.17, 15) is 19.2 Å². The molecule has 0 radical (unpaired) electrons. The lowest BCUT2D eigenvalue weighted by molar-refractivity contribution is -0.137. The number of amides is 3. The van der Waals surface area contributed by atoms with Crippen molar-refractivity contribution >= 4 is 40.5 Å². The largest absolute Gasteiger partial charge is 0.481 e. The molecule has 3 aromatic carbocycles. The molecule has 0 spiro atoms. The number of hydrogen-bond donors (Lipinski definition) is 4. The molecular weight excluding hydrogens is 536 g/mol. The molecule has 0 aliphatic rings. The number of alkyl carbamates (subject to hydrolysis) is 1. The number of aryl methyl sites for hydroxylation is 1. The first kappa shape index (κ1) is 29.7. The number of aliphatic carboxylic acids is 1. The Labute approximate surface area is 243 Å². The summed E-state index contributed by atoms with van der Waals surface area (Å²) in [6, 6.07) is 24.4. The number of carbonyl (C=O) groups excluding carboxylic acids is 3. The summed E-state index contributed by atoms with van der Waals surface area (Å²) in [5, 5.41) is 18.2. The number of hydrogen-bond acceptors (Lipinski definition) is 6. The highest BCUT2D eigenvalue weighted by Crippen LogP contribution is 2.18. The Morgan fingerprint density at radius 1 is 0.905 bits per heavy atom. The van der Waals surface area contributed by atoms with E-state index >= 15 is 0 Å². The van der Waals surface area contributed by atoms with Crippen LogP contribution >= 0.6 is 0 Å². The summed E-state index contributed by atoms with van der Waals surface area (Å²) in [6.07, 6.45) is 1.61. The quantitative estimate of drug-likeness (QED) is 0.171. The Morgan fingerprint density at radius 3 is 2.45 bits per heavy atom. The summed E-state index contributed by atoms with van der Waals surface area (Å²) < 4.78 is 5.22. The number of fused-ring (bicyclic) bond motifs is 1. The molecule has 0 aliphatic carbocycles. The zero-order valence-electron chi connectivity index (χ0n) is 22.9. The summed E-state index contributed by atoms with van der Waals surface area (Å²) in [5.41, 5.74) is 3.04. The van der Waals surface area contributed by atoms with Gasteiger partial charge in [-0.1, -0.05) is 66.7 Å². The number of aromatic nitrogens is 1. The van der Waals surface area contributed by atoms with E-state index in [2.05, 4.69) is 20.9 Å². The molecule has 1 atom stereocenters. The lowest BCUT2D eigenvalue weighted by Crippen LogP contribution is -2.44. The average Bonchev–Trinajstić information content (AvgIpc) is 3.01.